The molecule has 0 unspecified atom stereocenters. The third kappa shape index (κ3) is 5.56. The van der Waals surface area contributed by atoms with E-state index in [1.54, 1.807) is 0 Å². The predicted molar refractivity (Wildman–Crippen MR) is 37.7 cm³/mol. The average molecular weight is 146 g/mol. The molecular weight excluding hydrogens is 132 g/mol. The number of carbonyl (C=O) groups is 1. The van der Waals surface area contributed by atoms with Crippen molar-refractivity contribution in [1.82, 2.24) is 0 Å². The van der Waals surface area contributed by atoms with Gasteiger partial charge in [0, 0.05) is 6.61 Å². The average Bonchev–Trinajstić information content (AvgIpc) is 1.82. The summed E-state index contributed by atoms with van der Waals surface area (Å²) in [5.74, 6) is -0.295. The Balaban J connectivity index is 3.26. The lowest BCUT2D eigenvalue weighted by molar-refractivity contribution is -0.152. The first-order valence-corrected chi connectivity index (χ1v) is 3.44. The lowest BCUT2D eigenvalue weighted by Crippen LogP contribution is -2.16. The fourth-order valence-electron chi connectivity index (χ4n) is 0.482. The quantitative estimate of drug-likeness (QED) is 0.554. The number of esters is 1. The molecule has 60 valence electrons. The van der Waals surface area contributed by atoms with E-state index in [4.69, 9.17) is 9.47 Å². The van der Waals surface area contributed by atoms with Gasteiger partial charge in [0.1, 0.15) is 6.61 Å². The van der Waals surface area contributed by atoms with Crippen LogP contribution in [0.2, 0.25) is 0 Å². The van der Waals surface area contributed by atoms with Gasteiger partial charge < -0.3 is 9.47 Å². The molecule has 0 aliphatic heterocycles. The molecule has 0 aromatic heterocycles. The Morgan fingerprint density at radius 1 is 1.50 bits per heavy atom. The normalized spacial score (nSPS) is 10.0. The molecular formula is C7H14O3. The highest BCUT2D eigenvalue weighted by Gasteiger charge is 2.03. The van der Waals surface area contributed by atoms with Gasteiger partial charge in [-0.1, -0.05) is 0 Å². The monoisotopic (exact) mass is 146 g/mol. The second-order valence-electron chi connectivity index (χ2n) is 2.18. The Bertz CT molecular complexity index is 99.0. The second kappa shape index (κ2) is 5.23. The zero-order valence-corrected chi connectivity index (χ0v) is 6.72. The van der Waals surface area contributed by atoms with Gasteiger partial charge in [-0.2, -0.15) is 0 Å². The minimum atomic E-state index is -0.295. The Morgan fingerprint density at radius 3 is 2.50 bits per heavy atom. The van der Waals surface area contributed by atoms with Crippen LogP contribution in [0.15, 0.2) is 0 Å². The molecule has 10 heavy (non-hydrogen) atoms. The van der Waals surface area contributed by atoms with Gasteiger partial charge >= 0.3 is 5.97 Å². The van der Waals surface area contributed by atoms with Gasteiger partial charge in [0.2, 0.25) is 0 Å². The number of carbonyl (C=O) groups excluding carboxylic acids is 1. The smallest absolute Gasteiger partial charge is 0.332 e. The number of ether oxygens (including phenoxy) is 2. The minimum absolute atomic E-state index is 0.0482. The second-order valence-corrected chi connectivity index (χ2v) is 2.18. The van der Waals surface area contributed by atoms with Crippen LogP contribution >= 0.6 is 0 Å². The van der Waals surface area contributed by atoms with Crippen molar-refractivity contribution < 1.29 is 14.3 Å². The van der Waals surface area contributed by atoms with Crippen LogP contribution in [0.3, 0.4) is 0 Å². The molecule has 3 nitrogen and oxygen atoms in total. The first-order chi connectivity index (χ1) is 4.66. The lowest BCUT2D eigenvalue weighted by Gasteiger charge is -2.06. The van der Waals surface area contributed by atoms with Crippen molar-refractivity contribution in [2.75, 3.05) is 13.2 Å². The van der Waals surface area contributed by atoms with E-state index < -0.39 is 0 Å². The van der Waals surface area contributed by atoms with E-state index >= 15 is 0 Å². The summed E-state index contributed by atoms with van der Waals surface area (Å²) >= 11 is 0. The Hall–Kier alpha value is -0.570. The molecule has 0 aliphatic carbocycles. The molecule has 0 atom stereocenters. The SMILES string of the molecule is CCOCC(=O)OC(C)C. The van der Waals surface area contributed by atoms with E-state index in [1.165, 1.54) is 0 Å². The van der Waals surface area contributed by atoms with Gasteiger partial charge in [0.05, 0.1) is 6.10 Å². The molecule has 0 saturated heterocycles. The minimum Gasteiger partial charge on any atom is -0.461 e. The molecule has 0 amide bonds. The fourth-order valence-corrected chi connectivity index (χ4v) is 0.482. The van der Waals surface area contributed by atoms with Crippen molar-refractivity contribution in [2.45, 2.75) is 26.9 Å². The van der Waals surface area contributed by atoms with Crippen molar-refractivity contribution >= 4 is 5.97 Å². The maximum absolute atomic E-state index is 10.7. The van der Waals surface area contributed by atoms with E-state index in [-0.39, 0.29) is 18.7 Å². The van der Waals surface area contributed by atoms with E-state index in [0.29, 0.717) is 6.61 Å². The van der Waals surface area contributed by atoms with Crippen LogP contribution in [0, 0.1) is 0 Å². The highest BCUT2D eigenvalue weighted by Crippen LogP contribution is 1.88. The van der Waals surface area contributed by atoms with Crippen LogP contribution in [-0.2, 0) is 14.3 Å². The van der Waals surface area contributed by atoms with Crippen molar-refractivity contribution in [1.29, 1.82) is 0 Å². The molecule has 0 heterocycles. The summed E-state index contributed by atoms with van der Waals surface area (Å²) in [4.78, 5) is 10.7. The summed E-state index contributed by atoms with van der Waals surface area (Å²) in [5.41, 5.74) is 0. The van der Waals surface area contributed by atoms with Crippen molar-refractivity contribution in [3.8, 4) is 0 Å². The molecule has 0 aliphatic rings. The van der Waals surface area contributed by atoms with Gasteiger partial charge in [-0.3, -0.25) is 0 Å². The summed E-state index contributed by atoms with van der Waals surface area (Å²) in [6.07, 6.45) is -0.0482. The van der Waals surface area contributed by atoms with Crippen LogP contribution < -0.4 is 0 Å². The molecule has 0 fully saturated rings. The molecule has 0 N–H and O–H groups in total. The van der Waals surface area contributed by atoms with E-state index in [1.807, 2.05) is 20.8 Å². The van der Waals surface area contributed by atoms with E-state index in [0.717, 1.165) is 0 Å². The highest BCUT2D eigenvalue weighted by molar-refractivity contribution is 5.70. The summed E-state index contributed by atoms with van der Waals surface area (Å²) in [7, 11) is 0. The van der Waals surface area contributed by atoms with Crippen LogP contribution in [0.25, 0.3) is 0 Å². The topological polar surface area (TPSA) is 35.5 Å². The van der Waals surface area contributed by atoms with Gasteiger partial charge in [0.25, 0.3) is 0 Å². The zero-order chi connectivity index (χ0) is 7.98. The summed E-state index contributed by atoms with van der Waals surface area (Å²) in [6, 6.07) is 0. The van der Waals surface area contributed by atoms with Crippen LogP contribution in [0.4, 0.5) is 0 Å². The van der Waals surface area contributed by atoms with Gasteiger partial charge in [-0.15, -0.1) is 0 Å². The molecule has 0 aromatic rings. The van der Waals surface area contributed by atoms with Gasteiger partial charge in [0.15, 0.2) is 0 Å². The first kappa shape index (κ1) is 9.43. The molecule has 0 bridgehead atoms. The third-order valence-electron chi connectivity index (χ3n) is 0.791. The fraction of sp³-hybridized carbons (Fsp3) is 0.857. The molecule has 0 aromatic carbocycles. The van der Waals surface area contributed by atoms with E-state index in [2.05, 4.69) is 0 Å². The summed E-state index contributed by atoms with van der Waals surface area (Å²) < 4.78 is 9.61. The van der Waals surface area contributed by atoms with Crippen molar-refractivity contribution in [2.24, 2.45) is 0 Å². The lowest BCUT2D eigenvalue weighted by atomic mass is 10.5. The van der Waals surface area contributed by atoms with Gasteiger partial charge in [-0.05, 0) is 20.8 Å². The van der Waals surface area contributed by atoms with Gasteiger partial charge in [-0.25, -0.2) is 4.79 Å². The molecule has 0 rings (SSSR count). The molecule has 0 spiro atoms. The maximum Gasteiger partial charge on any atom is 0.332 e. The first-order valence-electron chi connectivity index (χ1n) is 3.44. The van der Waals surface area contributed by atoms with Crippen LogP contribution in [0.1, 0.15) is 20.8 Å². The standard InChI is InChI=1S/C7H14O3/c1-4-9-5-7(8)10-6(2)3/h6H,4-5H2,1-3H3. The summed E-state index contributed by atoms with van der Waals surface area (Å²) in [5, 5.41) is 0. The number of rotatable bonds is 4. The van der Waals surface area contributed by atoms with E-state index in [9.17, 15) is 4.79 Å². The van der Waals surface area contributed by atoms with Crippen LogP contribution in [-0.4, -0.2) is 25.3 Å². The largest absolute Gasteiger partial charge is 0.461 e. The highest BCUT2D eigenvalue weighted by atomic mass is 16.6. The zero-order valence-electron chi connectivity index (χ0n) is 6.72. The third-order valence-corrected chi connectivity index (χ3v) is 0.791. The predicted octanol–water partition coefficient (Wildman–Crippen LogP) is 0.974. The summed E-state index contributed by atoms with van der Waals surface area (Å²) in [6.45, 7) is 6.07. The number of hydrogen-bond acceptors (Lipinski definition) is 3. The molecule has 0 saturated carbocycles. The number of hydrogen-bond donors (Lipinski definition) is 0. The van der Waals surface area contributed by atoms with Crippen LogP contribution in [0.5, 0.6) is 0 Å². The van der Waals surface area contributed by atoms with Crippen molar-refractivity contribution in [3.05, 3.63) is 0 Å². The Labute approximate surface area is 61.3 Å². The van der Waals surface area contributed by atoms with Crippen molar-refractivity contribution in [3.63, 3.8) is 0 Å². The Morgan fingerprint density at radius 2 is 2.10 bits per heavy atom. The molecule has 3 heteroatoms. The molecule has 0 radical (unpaired) electrons. The maximum atomic E-state index is 10.7. The Kier molecular flexibility index (Phi) is 4.94.